The van der Waals surface area contributed by atoms with Gasteiger partial charge in [-0.2, -0.15) is 0 Å². The second kappa shape index (κ2) is 9.05. The van der Waals surface area contributed by atoms with Gasteiger partial charge in [-0.1, -0.05) is 53.1 Å². The number of hydrogen-bond acceptors (Lipinski definition) is 3. The van der Waals surface area contributed by atoms with Crippen LogP contribution in [0.5, 0.6) is 11.5 Å². The lowest BCUT2D eigenvalue weighted by molar-refractivity contribution is 0.473. The fourth-order valence-electron chi connectivity index (χ4n) is 2.47. The predicted octanol–water partition coefficient (Wildman–Crippen LogP) is 6.70. The molecular formula is C25H25NO2. The second-order valence-electron chi connectivity index (χ2n) is 6.90. The summed E-state index contributed by atoms with van der Waals surface area (Å²) in [5.74, 6) is 2.01. The lowest BCUT2D eigenvalue weighted by Gasteiger charge is -2.11. The molecule has 0 heterocycles. The number of ether oxygens (including phenoxy) is 2. The van der Waals surface area contributed by atoms with E-state index in [-0.39, 0.29) is 0 Å². The standard InChI is InChI=1S/C25H25NO2/c1-18-5-11-22(12-6-18)26-25(28-24-15-9-20(3)10-16-24)21(4)17-27-23-13-7-19(2)8-14-23/h5-17H,1-4H3. The van der Waals surface area contributed by atoms with Crippen molar-refractivity contribution in [3.05, 3.63) is 101 Å². The molecule has 0 spiro atoms. The van der Waals surface area contributed by atoms with Gasteiger partial charge < -0.3 is 9.47 Å². The minimum atomic E-state index is 0.500. The van der Waals surface area contributed by atoms with Crippen LogP contribution in [0, 0.1) is 20.8 Å². The molecule has 0 aliphatic heterocycles. The molecule has 28 heavy (non-hydrogen) atoms. The van der Waals surface area contributed by atoms with E-state index in [0.29, 0.717) is 5.90 Å². The molecule has 3 heteroatoms. The molecule has 0 aromatic heterocycles. The Labute approximate surface area is 167 Å². The van der Waals surface area contributed by atoms with Crippen LogP contribution >= 0.6 is 0 Å². The summed E-state index contributed by atoms with van der Waals surface area (Å²) in [6.07, 6.45) is 1.67. The molecule has 0 saturated carbocycles. The maximum atomic E-state index is 6.07. The summed E-state index contributed by atoms with van der Waals surface area (Å²) in [6, 6.07) is 23.8. The fraction of sp³-hybridized carbons (Fsp3) is 0.160. The van der Waals surface area contributed by atoms with E-state index < -0.39 is 0 Å². The van der Waals surface area contributed by atoms with Crippen molar-refractivity contribution in [1.29, 1.82) is 0 Å². The lowest BCUT2D eigenvalue weighted by Crippen LogP contribution is -2.11. The minimum absolute atomic E-state index is 0.500. The third-order valence-corrected chi connectivity index (χ3v) is 4.23. The van der Waals surface area contributed by atoms with E-state index in [2.05, 4.69) is 11.9 Å². The van der Waals surface area contributed by atoms with Crippen LogP contribution in [0.4, 0.5) is 5.69 Å². The van der Waals surface area contributed by atoms with E-state index >= 15 is 0 Å². The molecule has 0 radical (unpaired) electrons. The molecule has 0 bridgehead atoms. The van der Waals surface area contributed by atoms with Gasteiger partial charge >= 0.3 is 0 Å². The highest BCUT2D eigenvalue weighted by Crippen LogP contribution is 2.19. The minimum Gasteiger partial charge on any atom is -0.465 e. The summed E-state index contributed by atoms with van der Waals surface area (Å²) in [5, 5.41) is 0. The van der Waals surface area contributed by atoms with Crippen molar-refractivity contribution in [2.24, 2.45) is 4.99 Å². The first-order valence-electron chi connectivity index (χ1n) is 9.30. The zero-order chi connectivity index (χ0) is 19.9. The molecule has 3 rings (SSSR count). The zero-order valence-electron chi connectivity index (χ0n) is 16.8. The molecule has 3 aromatic carbocycles. The Bertz CT molecular complexity index is 967. The normalized spacial score (nSPS) is 12.0. The topological polar surface area (TPSA) is 30.8 Å². The van der Waals surface area contributed by atoms with Gasteiger partial charge in [-0.05, 0) is 64.1 Å². The third-order valence-electron chi connectivity index (χ3n) is 4.23. The summed E-state index contributed by atoms with van der Waals surface area (Å²) in [5.41, 5.74) is 5.18. The number of hydrogen-bond donors (Lipinski definition) is 0. The molecule has 142 valence electrons. The summed E-state index contributed by atoms with van der Waals surface area (Å²) in [6.45, 7) is 8.07. The highest BCUT2D eigenvalue weighted by atomic mass is 16.5. The van der Waals surface area contributed by atoms with Gasteiger partial charge in [0.25, 0.3) is 0 Å². The largest absolute Gasteiger partial charge is 0.465 e. The number of nitrogens with zero attached hydrogens (tertiary/aromatic N) is 1. The Balaban J connectivity index is 1.87. The van der Waals surface area contributed by atoms with Crippen LogP contribution < -0.4 is 9.47 Å². The van der Waals surface area contributed by atoms with Crippen LogP contribution in [0.15, 0.2) is 89.6 Å². The van der Waals surface area contributed by atoms with Gasteiger partial charge in [0, 0.05) is 5.57 Å². The predicted molar refractivity (Wildman–Crippen MR) is 116 cm³/mol. The van der Waals surface area contributed by atoms with Crippen molar-refractivity contribution in [3.63, 3.8) is 0 Å². The second-order valence-corrected chi connectivity index (χ2v) is 6.90. The van der Waals surface area contributed by atoms with E-state index in [4.69, 9.17) is 9.47 Å². The highest BCUT2D eigenvalue weighted by molar-refractivity contribution is 5.96. The highest BCUT2D eigenvalue weighted by Gasteiger charge is 2.08. The Morgan fingerprint density at radius 2 is 1.14 bits per heavy atom. The van der Waals surface area contributed by atoms with Crippen molar-refractivity contribution in [3.8, 4) is 11.5 Å². The lowest BCUT2D eigenvalue weighted by atomic mass is 10.2. The Morgan fingerprint density at radius 1 is 0.679 bits per heavy atom. The summed E-state index contributed by atoms with van der Waals surface area (Å²) < 4.78 is 11.9. The van der Waals surface area contributed by atoms with E-state index in [1.54, 1.807) is 6.26 Å². The summed E-state index contributed by atoms with van der Waals surface area (Å²) in [4.78, 5) is 4.69. The van der Waals surface area contributed by atoms with E-state index in [9.17, 15) is 0 Å². The van der Waals surface area contributed by atoms with Crippen LogP contribution in [0.1, 0.15) is 23.6 Å². The average molecular weight is 371 g/mol. The van der Waals surface area contributed by atoms with Gasteiger partial charge in [-0.15, -0.1) is 0 Å². The number of benzene rings is 3. The first-order chi connectivity index (χ1) is 13.5. The van der Waals surface area contributed by atoms with Crippen LogP contribution in [0.3, 0.4) is 0 Å². The van der Waals surface area contributed by atoms with Gasteiger partial charge in [-0.25, -0.2) is 4.99 Å². The Morgan fingerprint density at radius 3 is 1.68 bits per heavy atom. The van der Waals surface area contributed by atoms with E-state index in [1.807, 2.05) is 93.6 Å². The fourth-order valence-corrected chi connectivity index (χ4v) is 2.47. The van der Waals surface area contributed by atoms with Crippen molar-refractivity contribution >= 4 is 11.6 Å². The molecule has 0 aliphatic rings. The van der Waals surface area contributed by atoms with Crippen molar-refractivity contribution < 1.29 is 9.47 Å². The first kappa shape index (κ1) is 19.4. The monoisotopic (exact) mass is 371 g/mol. The number of rotatable bonds is 5. The SMILES string of the molecule is CC(=COc1ccc(C)cc1)C(=Nc1ccc(C)cc1)Oc1ccc(C)cc1. The molecule has 0 unspecified atom stereocenters. The van der Waals surface area contributed by atoms with Crippen molar-refractivity contribution in [1.82, 2.24) is 0 Å². The molecule has 3 nitrogen and oxygen atoms in total. The Hall–Kier alpha value is -3.33. The van der Waals surface area contributed by atoms with Crippen molar-refractivity contribution in [2.45, 2.75) is 27.7 Å². The zero-order valence-corrected chi connectivity index (χ0v) is 16.8. The molecule has 3 aromatic rings. The number of aliphatic imine (C=N–C) groups is 1. The van der Waals surface area contributed by atoms with Gasteiger partial charge in [-0.3, -0.25) is 0 Å². The molecule has 0 amide bonds. The van der Waals surface area contributed by atoms with Gasteiger partial charge in [0.15, 0.2) is 0 Å². The van der Waals surface area contributed by atoms with Gasteiger partial charge in [0.1, 0.15) is 11.5 Å². The first-order valence-corrected chi connectivity index (χ1v) is 9.30. The quantitative estimate of drug-likeness (QED) is 0.284. The molecule has 0 saturated heterocycles. The summed E-state index contributed by atoms with van der Waals surface area (Å²) in [7, 11) is 0. The van der Waals surface area contributed by atoms with E-state index in [0.717, 1.165) is 22.8 Å². The smallest absolute Gasteiger partial charge is 0.225 e. The average Bonchev–Trinajstić information content (AvgIpc) is 2.70. The maximum absolute atomic E-state index is 6.07. The van der Waals surface area contributed by atoms with Crippen LogP contribution in [0.25, 0.3) is 0 Å². The molecular weight excluding hydrogens is 346 g/mol. The molecule has 0 N–H and O–H groups in total. The molecule has 0 fully saturated rings. The van der Waals surface area contributed by atoms with Crippen LogP contribution in [0.2, 0.25) is 0 Å². The molecule has 0 aliphatic carbocycles. The van der Waals surface area contributed by atoms with Crippen molar-refractivity contribution in [2.75, 3.05) is 0 Å². The molecule has 0 atom stereocenters. The van der Waals surface area contributed by atoms with Crippen LogP contribution in [-0.4, -0.2) is 5.90 Å². The van der Waals surface area contributed by atoms with Gasteiger partial charge in [0.05, 0.1) is 11.9 Å². The Kier molecular flexibility index (Phi) is 6.28. The van der Waals surface area contributed by atoms with Crippen LogP contribution in [-0.2, 0) is 0 Å². The van der Waals surface area contributed by atoms with Gasteiger partial charge in [0.2, 0.25) is 5.90 Å². The maximum Gasteiger partial charge on any atom is 0.225 e. The summed E-state index contributed by atoms with van der Waals surface area (Å²) >= 11 is 0. The third kappa shape index (κ3) is 5.58. The number of aryl methyl sites for hydroxylation is 3. The van der Waals surface area contributed by atoms with E-state index in [1.165, 1.54) is 16.7 Å².